The number of fused-ring (bicyclic) bond motifs is 1. The molecule has 1 heterocycles. The minimum absolute atomic E-state index is 0.461. The van der Waals surface area contributed by atoms with Crippen LogP contribution in [0.4, 0.5) is 13.2 Å². The van der Waals surface area contributed by atoms with Crippen molar-refractivity contribution in [2.24, 2.45) is 0 Å². The molecule has 1 aliphatic rings. The van der Waals surface area contributed by atoms with Crippen molar-refractivity contribution >= 4 is 27.4 Å². The molecule has 100 valence electrons. The van der Waals surface area contributed by atoms with Crippen molar-refractivity contribution in [3.05, 3.63) is 34.7 Å². The summed E-state index contributed by atoms with van der Waals surface area (Å²) in [7, 11) is 0. The molecule has 1 fully saturated rings. The average Bonchev–Trinajstić information content (AvgIpc) is 3.01. The monoisotopic (exact) mass is 286 g/mol. The molecular formula is C13H9F3O2S. The van der Waals surface area contributed by atoms with Gasteiger partial charge in [-0.2, -0.15) is 13.2 Å². The number of thiophene rings is 1. The molecule has 0 radical (unpaired) electrons. The standard InChI is InChI=1S/C13H9F3O2S/c14-13(15,16)10-6-7-5-8(1-2-9(7)19-10)12(3-4-12)11(17)18/h1-2,5-6H,3-4H2,(H,17,18). The summed E-state index contributed by atoms with van der Waals surface area (Å²) >= 11 is 0.680. The number of hydrogen-bond donors (Lipinski definition) is 1. The molecule has 0 unspecified atom stereocenters. The first kappa shape index (κ1) is 12.5. The Morgan fingerprint density at radius 2 is 1.95 bits per heavy atom. The van der Waals surface area contributed by atoms with Crippen molar-refractivity contribution in [3.8, 4) is 0 Å². The SMILES string of the molecule is O=C(O)C1(c2ccc3sc(C(F)(F)F)cc3c2)CC1. The fourth-order valence-corrected chi connectivity index (χ4v) is 3.14. The maximum Gasteiger partial charge on any atom is 0.425 e. The van der Waals surface area contributed by atoms with E-state index in [1.807, 2.05) is 0 Å². The van der Waals surface area contributed by atoms with E-state index < -0.39 is 22.4 Å². The Hall–Kier alpha value is -1.56. The maximum absolute atomic E-state index is 12.6. The highest BCUT2D eigenvalue weighted by Crippen LogP contribution is 2.49. The Bertz CT molecular complexity index is 668. The van der Waals surface area contributed by atoms with E-state index in [1.165, 1.54) is 0 Å². The molecule has 0 spiro atoms. The summed E-state index contributed by atoms with van der Waals surface area (Å²) < 4.78 is 38.4. The van der Waals surface area contributed by atoms with Gasteiger partial charge in [-0.05, 0) is 42.0 Å². The molecule has 1 N–H and O–H groups in total. The van der Waals surface area contributed by atoms with Crippen LogP contribution in [0.5, 0.6) is 0 Å². The highest BCUT2D eigenvalue weighted by molar-refractivity contribution is 7.19. The zero-order chi connectivity index (χ0) is 13.8. The second-order valence-electron chi connectivity index (χ2n) is 4.75. The van der Waals surface area contributed by atoms with Gasteiger partial charge in [-0.25, -0.2) is 0 Å². The van der Waals surface area contributed by atoms with E-state index in [-0.39, 0.29) is 0 Å². The second-order valence-corrected chi connectivity index (χ2v) is 5.83. The lowest BCUT2D eigenvalue weighted by Gasteiger charge is -2.09. The smallest absolute Gasteiger partial charge is 0.425 e. The molecule has 0 amide bonds. The van der Waals surface area contributed by atoms with Gasteiger partial charge in [-0.3, -0.25) is 4.79 Å². The molecule has 19 heavy (non-hydrogen) atoms. The van der Waals surface area contributed by atoms with Crippen LogP contribution in [0, 0.1) is 0 Å². The lowest BCUT2D eigenvalue weighted by Crippen LogP contribution is -2.19. The van der Waals surface area contributed by atoms with E-state index >= 15 is 0 Å². The molecule has 3 rings (SSSR count). The first-order valence-electron chi connectivity index (χ1n) is 5.68. The summed E-state index contributed by atoms with van der Waals surface area (Å²) in [6, 6.07) is 5.86. The minimum Gasteiger partial charge on any atom is -0.481 e. The van der Waals surface area contributed by atoms with E-state index in [9.17, 15) is 23.1 Å². The van der Waals surface area contributed by atoms with Crippen LogP contribution in [0.3, 0.4) is 0 Å². The number of aliphatic carboxylic acids is 1. The Morgan fingerprint density at radius 3 is 2.47 bits per heavy atom. The summed E-state index contributed by atoms with van der Waals surface area (Å²) in [5, 5.41) is 9.65. The lowest BCUT2D eigenvalue weighted by atomic mass is 9.95. The van der Waals surface area contributed by atoms with Gasteiger partial charge in [0.15, 0.2) is 0 Å². The number of carbonyl (C=O) groups is 1. The zero-order valence-corrected chi connectivity index (χ0v) is 10.4. The van der Waals surface area contributed by atoms with E-state index in [0.29, 0.717) is 39.8 Å². The predicted octanol–water partition coefficient (Wildman–Crippen LogP) is 4.04. The number of carboxylic acid groups (broad SMARTS) is 1. The molecule has 1 aromatic heterocycles. The van der Waals surface area contributed by atoms with E-state index in [4.69, 9.17) is 0 Å². The Labute approximate surface area is 110 Å². The van der Waals surface area contributed by atoms with Crippen molar-refractivity contribution in [3.63, 3.8) is 0 Å². The topological polar surface area (TPSA) is 37.3 Å². The van der Waals surface area contributed by atoms with Gasteiger partial charge in [0.1, 0.15) is 4.88 Å². The fraction of sp³-hybridized carbons (Fsp3) is 0.308. The van der Waals surface area contributed by atoms with Crippen LogP contribution >= 0.6 is 11.3 Å². The van der Waals surface area contributed by atoms with Gasteiger partial charge in [-0.15, -0.1) is 11.3 Å². The van der Waals surface area contributed by atoms with Crippen molar-refractivity contribution in [1.29, 1.82) is 0 Å². The zero-order valence-electron chi connectivity index (χ0n) is 9.62. The predicted molar refractivity (Wildman–Crippen MR) is 65.4 cm³/mol. The Morgan fingerprint density at radius 1 is 1.26 bits per heavy atom. The quantitative estimate of drug-likeness (QED) is 0.904. The largest absolute Gasteiger partial charge is 0.481 e. The molecule has 1 aromatic carbocycles. The normalized spacial score (nSPS) is 17.6. The van der Waals surface area contributed by atoms with Crippen molar-refractivity contribution in [2.45, 2.75) is 24.4 Å². The molecule has 1 saturated carbocycles. The van der Waals surface area contributed by atoms with Crippen molar-refractivity contribution < 1.29 is 23.1 Å². The molecule has 2 aromatic rings. The summed E-state index contributed by atoms with van der Waals surface area (Å²) in [5.74, 6) is -0.905. The summed E-state index contributed by atoms with van der Waals surface area (Å²) in [5.41, 5.74) is -0.284. The maximum atomic E-state index is 12.6. The third kappa shape index (κ3) is 1.90. The van der Waals surface area contributed by atoms with Crippen LogP contribution in [0.2, 0.25) is 0 Å². The van der Waals surface area contributed by atoms with E-state index in [0.717, 1.165) is 6.07 Å². The third-order valence-electron chi connectivity index (χ3n) is 3.51. The number of alkyl halides is 3. The van der Waals surface area contributed by atoms with Gasteiger partial charge in [-0.1, -0.05) is 6.07 Å². The summed E-state index contributed by atoms with van der Waals surface area (Å²) in [6.45, 7) is 0. The molecule has 6 heteroatoms. The minimum atomic E-state index is -4.35. The van der Waals surface area contributed by atoms with Gasteiger partial charge < -0.3 is 5.11 Å². The van der Waals surface area contributed by atoms with Crippen molar-refractivity contribution in [1.82, 2.24) is 0 Å². The van der Waals surface area contributed by atoms with Gasteiger partial charge in [0.2, 0.25) is 0 Å². The summed E-state index contributed by atoms with van der Waals surface area (Å²) in [6.07, 6.45) is -3.26. The molecule has 2 nitrogen and oxygen atoms in total. The second kappa shape index (κ2) is 3.72. The third-order valence-corrected chi connectivity index (χ3v) is 4.67. The Balaban J connectivity index is 2.09. The first-order valence-corrected chi connectivity index (χ1v) is 6.49. The number of halogens is 3. The molecule has 0 atom stereocenters. The number of benzene rings is 1. The van der Waals surface area contributed by atoms with E-state index in [1.54, 1.807) is 18.2 Å². The highest BCUT2D eigenvalue weighted by Gasteiger charge is 2.51. The van der Waals surface area contributed by atoms with Crippen LogP contribution in [0.15, 0.2) is 24.3 Å². The van der Waals surface area contributed by atoms with Crippen LogP contribution in [-0.2, 0) is 16.4 Å². The lowest BCUT2D eigenvalue weighted by molar-refractivity contribution is -0.140. The van der Waals surface area contributed by atoms with Gasteiger partial charge in [0.25, 0.3) is 0 Å². The number of rotatable bonds is 2. The molecular weight excluding hydrogens is 277 g/mol. The van der Waals surface area contributed by atoms with Crippen LogP contribution in [0.1, 0.15) is 23.3 Å². The van der Waals surface area contributed by atoms with Crippen LogP contribution < -0.4 is 0 Å². The van der Waals surface area contributed by atoms with Gasteiger partial charge >= 0.3 is 12.1 Å². The molecule has 0 bridgehead atoms. The number of carboxylic acids is 1. The van der Waals surface area contributed by atoms with Gasteiger partial charge in [0, 0.05) is 4.70 Å². The first-order chi connectivity index (χ1) is 8.83. The molecule has 1 aliphatic carbocycles. The highest BCUT2D eigenvalue weighted by atomic mass is 32.1. The van der Waals surface area contributed by atoms with Crippen molar-refractivity contribution in [2.75, 3.05) is 0 Å². The Kier molecular flexibility index (Phi) is 2.44. The van der Waals surface area contributed by atoms with E-state index in [2.05, 4.69) is 0 Å². The fourth-order valence-electron chi connectivity index (χ4n) is 2.23. The average molecular weight is 286 g/mol. The van der Waals surface area contributed by atoms with Crippen LogP contribution in [0.25, 0.3) is 10.1 Å². The van der Waals surface area contributed by atoms with Crippen LogP contribution in [-0.4, -0.2) is 11.1 Å². The number of hydrogen-bond acceptors (Lipinski definition) is 2. The summed E-state index contributed by atoms with van der Waals surface area (Å²) in [4.78, 5) is 10.6. The molecule has 0 saturated heterocycles. The molecule has 0 aliphatic heterocycles. The van der Waals surface area contributed by atoms with Gasteiger partial charge in [0.05, 0.1) is 5.41 Å².